The van der Waals surface area contributed by atoms with E-state index in [0.717, 1.165) is 0 Å². The molecule has 3 rings (SSSR count). The molecule has 2 aromatic heterocycles. The van der Waals surface area contributed by atoms with Crippen LogP contribution < -0.4 is 0 Å². The van der Waals surface area contributed by atoms with E-state index in [1.165, 1.54) is 28.8 Å². The zero-order valence-corrected chi connectivity index (χ0v) is 13.1. The lowest BCUT2D eigenvalue weighted by Gasteiger charge is -2.29. The molecule has 0 aliphatic carbocycles. The SMILES string of the molecule is O=S(=O)(c1cccnc1)N1CCC(c2nnc(C(F)(F)F)o2)CC1. The highest BCUT2D eigenvalue weighted by Gasteiger charge is 2.39. The van der Waals surface area contributed by atoms with Crippen LogP contribution in [0.1, 0.15) is 30.5 Å². The van der Waals surface area contributed by atoms with Crippen molar-refractivity contribution in [1.82, 2.24) is 19.5 Å². The van der Waals surface area contributed by atoms with Crippen molar-refractivity contribution in [2.75, 3.05) is 13.1 Å². The third-order valence-corrected chi connectivity index (χ3v) is 5.64. The number of sulfonamides is 1. The highest BCUT2D eigenvalue weighted by atomic mass is 32.2. The van der Waals surface area contributed by atoms with Crippen molar-refractivity contribution in [3.63, 3.8) is 0 Å². The molecule has 1 aliphatic rings. The van der Waals surface area contributed by atoms with E-state index >= 15 is 0 Å². The number of piperidine rings is 1. The molecule has 0 N–H and O–H groups in total. The lowest BCUT2D eigenvalue weighted by Crippen LogP contribution is -2.38. The monoisotopic (exact) mass is 362 g/mol. The van der Waals surface area contributed by atoms with Gasteiger partial charge in [-0.25, -0.2) is 8.42 Å². The maximum Gasteiger partial charge on any atom is 0.470 e. The Labute approximate surface area is 135 Å². The normalized spacial score (nSPS) is 18.0. The average molecular weight is 362 g/mol. The van der Waals surface area contributed by atoms with Crippen LogP contribution in [0.25, 0.3) is 0 Å². The van der Waals surface area contributed by atoms with E-state index in [0.29, 0.717) is 12.8 Å². The molecule has 1 aliphatic heterocycles. The lowest BCUT2D eigenvalue weighted by molar-refractivity contribution is -0.157. The first-order valence-corrected chi connectivity index (χ1v) is 8.53. The van der Waals surface area contributed by atoms with E-state index in [9.17, 15) is 21.6 Å². The van der Waals surface area contributed by atoms with Crippen molar-refractivity contribution in [3.8, 4) is 0 Å². The molecular weight excluding hydrogens is 349 g/mol. The number of hydrogen-bond acceptors (Lipinski definition) is 6. The van der Waals surface area contributed by atoms with E-state index in [1.54, 1.807) is 0 Å². The maximum absolute atomic E-state index is 12.5. The minimum absolute atomic E-state index is 0.0839. The summed E-state index contributed by atoms with van der Waals surface area (Å²) in [6.07, 6.45) is -1.35. The third kappa shape index (κ3) is 3.26. The molecular formula is C13H13F3N4O3S. The highest BCUT2D eigenvalue weighted by Crippen LogP contribution is 2.33. The van der Waals surface area contributed by atoms with Gasteiger partial charge in [-0.3, -0.25) is 4.98 Å². The van der Waals surface area contributed by atoms with Crippen molar-refractivity contribution in [2.45, 2.75) is 29.8 Å². The van der Waals surface area contributed by atoms with Crippen molar-refractivity contribution in [1.29, 1.82) is 0 Å². The van der Waals surface area contributed by atoms with Gasteiger partial charge in [0.15, 0.2) is 0 Å². The van der Waals surface area contributed by atoms with E-state index in [4.69, 9.17) is 0 Å². The summed E-state index contributed by atoms with van der Waals surface area (Å²) >= 11 is 0. The smallest absolute Gasteiger partial charge is 0.417 e. The Morgan fingerprint density at radius 3 is 2.46 bits per heavy atom. The number of alkyl halides is 3. The Kier molecular flexibility index (Phi) is 4.30. The number of aromatic nitrogens is 3. The Hall–Kier alpha value is -2.01. The summed E-state index contributed by atoms with van der Waals surface area (Å²) in [6, 6.07) is 2.97. The summed E-state index contributed by atoms with van der Waals surface area (Å²) < 4.78 is 68.3. The fraction of sp³-hybridized carbons (Fsp3) is 0.462. The summed E-state index contributed by atoms with van der Waals surface area (Å²) in [6.45, 7) is 0.317. The van der Waals surface area contributed by atoms with Crippen molar-refractivity contribution < 1.29 is 26.0 Å². The topological polar surface area (TPSA) is 89.2 Å². The fourth-order valence-electron chi connectivity index (χ4n) is 2.51. The number of hydrogen-bond donors (Lipinski definition) is 0. The van der Waals surface area contributed by atoms with Gasteiger partial charge >= 0.3 is 12.1 Å². The Bertz CT molecular complexity index is 799. The molecule has 130 valence electrons. The molecule has 0 saturated carbocycles. The molecule has 0 spiro atoms. The molecule has 3 heterocycles. The van der Waals surface area contributed by atoms with Gasteiger partial charge < -0.3 is 4.42 Å². The van der Waals surface area contributed by atoms with Crippen LogP contribution in [0.3, 0.4) is 0 Å². The molecule has 0 atom stereocenters. The predicted octanol–water partition coefficient (Wildman–Crippen LogP) is 2.05. The van der Waals surface area contributed by atoms with Crippen LogP contribution in [-0.2, 0) is 16.2 Å². The van der Waals surface area contributed by atoms with Crippen molar-refractivity contribution in [3.05, 3.63) is 36.3 Å². The molecule has 0 aromatic carbocycles. The molecule has 7 nitrogen and oxygen atoms in total. The standard InChI is InChI=1S/C13H13F3N4O3S/c14-13(15,16)12-19-18-11(23-12)9-3-6-20(7-4-9)24(21,22)10-2-1-5-17-8-10/h1-2,5,8-9H,3-4,6-7H2. The minimum Gasteiger partial charge on any atom is -0.417 e. The zero-order chi connectivity index (χ0) is 17.4. The van der Waals surface area contributed by atoms with E-state index < -0.39 is 28.0 Å². The van der Waals surface area contributed by atoms with Crippen LogP contribution in [0, 0.1) is 0 Å². The van der Waals surface area contributed by atoms with E-state index in [-0.39, 0.29) is 23.9 Å². The largest absolute Gasteiger partial charge is 0.470 e. The summed E-state index contributed by atoms with van der Waals surface area (Å²) in [5, 5.41) is 6.43. The number of rotatable bonds is 3. The summed E-state index contributed by atoms with van der Waals surface area (Å²) in [5.74, 6) is -1.89. The molecule has 24 heavy (non-hydrogen) atoms. The van der Waals surface area contributed by atoms with Gasteiger partial charge in [0.25, 0.3) is 0 Å². The van der Waals surface area contributed by atoms with Gasteiger partial charge in [0.2, 0.25) is 15.9 Å². The van der Waals surface area contributed by atoms with Gasteiger partial charge in [-0.05, 0) is 25.0 Å². The molecule has 1 fully saturated rings. The molecule has 0 amide bonds. The molecule has 1 saturated heterocycles. The Morgan fingerprint density at radius 1 is 1.21 bits per heavy atom. The predicted molar refractivity (Wildman–Crippen MR) is 74.3 cm³/mol. The highest BCUT2D eigenvalue weighted by molar-refractivity contribution is 7.89. The third-order valence-electron chi connectivity index (χ3n) is 3.76. The second-order valence-corrected chi connectivity index (χ2v) is 7.25. The van der Waals surface area contributed by atoms with Crippen LogP contribution >= 0.6 is 0 Å². The van der Waals surface area contributed by atoms with E-state index in [2.05, 4.69) is 19.6 Å². The van der Waals surface area contributed by atoms with Gasteiger partial charge in [-0.2, -0.15) is 17.5 Å². The number of nitrogens with zero attached hydrogens (tertiary/aromatic N) is 4. The molecule has 11 heteroatoms. The van der Waals surface area contributed by atoms with Crippen LogP contribution in [-0.4, -0.2) is 41.0 Å². The van der Waals surface area contributed by atoms with Gasteiger partial charge in [0.05, 0.1) is 0 Å². The maximum atomic E-state index is 12.5. The van der Waals surface area contributed by atoms with Crippen LogP contribution in [0.2, 0.25) is 0 Å². The first-order valence-electron chi connectivity index (χ1n) is 7.09. The molecule has 0 radical (unpaired) electrons. The van der Waals surface area contributed by atoms with Gasteiger partial charge in [0, 0.05) is 31.4 Å². The number of pyridine rings is 1. The second-order valence-electron chi connectivity index (χ2n) is 5.31. The molecule has 0 unspecified atom stereocenters. The molecule has 2 aromatic rings. The number of halogens is 3. The fourth-order valence-corrected chi connectivity index (χ4v) is 3.94. The minimum atomic E-state index is -4.68. The second kappa shape index (κ2) is 6.13. The average Bonchev–Trinajstić information content (AvgIpc) is 3.06. The van der Waals surface area contributed by atoms with Crippen LogP contribution in [0.4, 0.5) is 13.2 Å². The first kappa shape index (κ1) is 16.8. The quantitative estimate of drug-likeness (QED) is 0.830. The van der Waals surface area contributed by atoms with Crippen LogP contribution in [0.15, 0.2) is 33.8 Å². The van der Waals surface area contributed by atoms with E-state index in [1.807, 2.05) is 0 Å². The lowest BCUT2D eigenvalue weighted by atomic mass is 9.98. The summed E-state index contributed by atoms with van der Waals surface area (Å²) in [5.41, 5.74) is 0. The summed E-state index contributed by atoms with van der Waals surface area (Å²) in [4.78, 5) is 3.87. The Balaban J connectivity index is 1.69. The summed E-state index contributed by atoms with van der Waals surface area (Å²) in [7, 11) is -3.66. The van der Waals surface area contributed by atoms with Gasteiger partial charge in [-0.15, -0.1) is 10.2 Å². The van der Waals surface area contributed by atoms with Crippen LogP contribution in [0.5, 0.6) is 0 Å². The van der Waals surface area contributed by atoms with Gasteiger partial charge in [-0.1, -0.05) is 0 Å². The van der Waals surface area contributed by atoms with Gasteiger partial charge in [0.1, 0.15) is 4.90 Å². The van der Waals surface area contributed by atoms with Crippen molar-refractivity contribution >= 4 is 10.0 Å². The Morgan fingerprint density at radius 2 is 1.92 bits per heavy atom. The van der Waals surface area contributed by atoms with Crippen molar-refractivity contribution in [2.24, 2.45) is 0 Å². The zero-order valence-electron chi connectivity index (χ0n) is 12.3. The molecule has 0 bridgehead atoms. The first-order chi connectivity index (χ1) is 11.3.